The SMILES string of the molecule is CC(C(=O)N(C)C(CC1CC1)C(=O)N1CC2(CC1C#N)Oc1cccnc1NC2=O)n1cc(C2CC2)nn1. The number of nitrogens with zero attached hydrogens (tertiary/aromatic N) is 7. The van der Waals surface area contributed by atoms with E-state index in [-0.39, 0.29) is 24.8 Å². The predicted molar refractivity (Wildman–Crippen MR) is 133 cm³/mol. The maximum atomic E-state index is 14.0. The van der Waals surface area contributed by atoms with Gasteiger partial charge in [-0.1, -0.05) is 18.1 Å². The number of amides is 3. The quantitative estimate of drug-likeness (QED) is 0.582. The van der Waals surface area contributed by atoms with E-state index in [1.165, 1.54) is 9.80 Å². The summed E-state index contributed by atoms with van der Waals surface area (Å²) < 4.78 is 7.65. The summed E-state index contributed by atoms with van der Waals surface area (Å²) in [5, 5.41) is 21.1. The van der Waals surface area contributed by atoms with Crippen LogP contribution >= 0.6 is 0 Å². The van der Waals surface area contributed by atoms with Crippen LogP contribution in [0.3, 0.4) is 0 Å². The molecule has 3 amide bonds. The van der Waals surface area contributed by atoms with Gasteiger partial charge in [0.25, 0.3) is 5.91 Å². The number of ether oxygens (including phenoxy) is 1. The Morgan fingerprint density at radius 1 is 1.34 bits per heavy atom. The minimum absolute atomic E-state index is 0.0303. The van der Waals surface area contributed by atoms with Crippen LogP contribution in [0.2, 0.25) is 0 Å². The summed E-state index contributed by atoms with van der Waals surface area (Å²) in [6.07, 6.45) is 8.05. The molecular formula is C26H30N8O4. The molecule has 4 unspecified atom stereocenters. The molecule has 12 nitrogen and oxygen atoms in total. The maximum absolute atomic E-state index is 14.0. The first-order valence-corrected chi connectivity index (χ1v) is 13.1. The van der Waals surface area contributed by atoms with Crippen LogP contribution in [-0.2, 0) is 14.4 Å². The molecule has 38 heavy (non-hydrogen) atoms. The van der Waals surface area contributed by atoms with Crippen LogP contribution in [-0.4, -0.2) is 78.8 Å². The number of likely N-dealkylation sites (N-methyl/N-ethyl adjacent to an activating group) is 1. The fourth-order valence-corrected chi connectivity index (χ4v) is 5.40. The Balaban J connectivity index is 1.23. The zero-order chi connectivity index (χ0) is 26.6. The van der Waals surface area contributed by atoms with Crippen LogP contribution in [0.4, 0.5) is 5.82 Å². The van der Waals surface area contributed by atoms with Crippen LogP contribution < -0.4 is 10.1 Å². The summed E-state index contributed by atoms with van der Waals surface area (Å²) in [6.45, 7) is 1.66. The van der Waals surface area contributed by atoms with E-state index in [0.717, 1.165) is 31.4 Å². The summed E-state index contributed by atoms with van der Waals surface area (Å²) >= 11 is 0. The number of nitrogens with one attached hydrogen (secondary N) is 1. The van der Waals surface area contributed by atoms with Crippen molar-refractivity contribution in [2.24, 2.45) is 5.92 Å². The highest BCUT2D eigenvalue weighted by atomic mass is 16.5. The van der Waals surface area contributed by atoms with Gasteiger partial charge in [-0.05, 0) is 44.2 Å². The molecule has 0 radical (unpaired) electrons. The number of aromatic nitrogens is 4. The Bertz CT molecular complexity index is 1330. The standard InChI is InChI=1S/C26H30N8O4/c1-15(34-13-19(30-31-34)17-7-8-17)23(35)32(2)20(10-16-5-6-16)24(36)33-14-26(11-18(33)12-27)25(37)29-22-21(38-26)4-3-9-28-22/h3-4,9,13,15-18,20H,5-8,10-11,14H2,1-2H3,(H,28,29,37). The molecule has 4 atom stereocenters. The molecule has 0 bridgehead atoms. The monoisotopic (exact) mass is 518 g/mol. The van der Waals surface area contributed by atoms with Crippen molar-refractivity contribution in [3.8, 4) is 11.8 Å². The van der Waals surface area contributed by atoms with E-state index in [4.69, 9.17) is 4.74 Å². The van der Waals surface area contributed by atoms with Gasteiger partial charge in [0.05, 0.1) is 18.3 Å². The average Bonchev–Trinajstić information content (AvgIpc) is 3.86. The minimum atomic E-state index is -1.40. The Morgan fingerprint density at radius 2 is 2.13 bits per heavy atom. The minimum Gasteiger partial charge on any atom is -0.472 e. The molecule has 12 heteroatoms. The summed E-state index contributed by atoms with van der Waals surface area (Å²) in [6, 6.07) is 3.29. The van der Waals surface area contributed by atoms with Crippen LogP contribution in [0.5, 0.6) is 5.75 Å². The number of anilines is 1. The van der Waals surface area contributed by atoms with Crippen molar-refractivity contribution in [1.82, 2.24) is 29.8 Å². The highest BCUT2D eigenvalue weighted by Gasteiger charge is 2.56. The highest BCUT2D eigenvalue weighted by Crippen LogP contribution is 2.41. The third-order valence-corrected chi connectivity index (χ3v) is 8.11. The zero-order valence-electron chi connectivity index (χ0n) is 21.4. The number of hydrogen-bond donors (Lipinski definition) is 1. The Labute approximate surface area is 219 Å². The van der Waals surface area contributed by atoms with Gasteiger partial charge in [0.15, 0.2) is 11.6 Å². The number of carbonyl (C=O) groups is 3. The van der Waals surface area contributed by atoms with Gasteiger partial charge in [-0.2, -0.15) is 5.26 Å². The average molecular weight is 519 g/mol. The van der Waals surface area contributed by atoms with Crippen molar-refractivity contribution in [2.45, 2.75) is 75.1 Å². The molecular weight excluding hydrogens is 488 g/mol. The van der Waals surface area contributed by atoms with E-state index in [1.54, 1.807) is 37.0 Å². The number of hydrogen-bond acceptors (Lipinski definition) is 8. The number of carbonyl (C=O) groups excluding carboxylic acids is 3. The number of nitriles is 1. The Kier molecular flexibility index (Phi) is 5.81. The molecule has 4 aliphatic rings. The first kappa shape index (κ1) is 24.3. The van der Waals surface area contributed by atoms with Gasteiger partial charge in [0.1, 0.15) is 18.1 Å². The summed E-state index contributed by atoms with van der Waals surface area (Å²) in [7, 11) is 1.63. The van der Waals surface area contributed by atoms with Crippen molar-refractivity contribution in [3.63, 3.8) is 0 Å². The topological polar surface area (TPSA) is 146 Å². The van der Waals surface area contributed by atoms with E-state index in [1.807, 2.05) is 6.20 Å². The molecule has 2 aromatic heterocycles. The van der Waals surface area contributed by atoms with E-state index in [0.29, 0.717) is 29.8 Å². The third-order valence-electron chi connectivity index (χ3n) is 8.11. The number of rotatable bonds is 7. The Hall–Kier alpha value is -4.01. The zero-order valence-corrected chi connectivity index (χ0v) is 21.4. The molecule has 2 aromatic rings. The molecule has 1 saturated heterocycles. The van der Waals surface area contributed by atoms with Crippen molar-refractivity contribution >= 4 is 23.5 Å². The van der Waals surface area contributed by atoms with Crippen LogP contribution in [0.1, 0.15) is 63.1 Å². The fraction of sp³-hybridized carbons (Fsp3) is 0.577. The lowest BCUT2D eigenvalue weighted by atomic mass is 9.97. The van der Waals surface area contributed by atoms with Crippen LogP contribution in [0.15, 0.2) is 24.5 Å². The lowest BCUT2D eigenvalue weighted by Crippen LogP contribution is -2.55. The molecule has 3 fully saturated rings. The van der Waals surface area contributed by atoms with Gasteiger partial charge in [-0.3, -0.25) is 14.4 Å². The fourth-order valence-electron chi connectivity index (χ4n) is 5.40. The molecule has 0 aromatic carbocycles. The molecule has 2 aliphatic carbocycles. The van der Waals surface area contributed by atoms with Crippen molar-refractivity contribution in [1.29, 1.82) is 5.26 Å². The third kappa shape index (κ3) is 4.25. The van der Waals surface area contributed by atoms with Gasteiger partial charge in [-0.15, -0.1) is 5.10 Å². The number of pyridine rings is 1. The first-order chi connectivity index (χ1) is 18.3. The van der Waals surface area contributed by atoms with Gasteiger partial charge in [0.2, 0.25) is 17.4 Å². The summed E-state index contributed by atoms with van der Waals surface area (Å²) in [5.41, 5.74) is -0.508. The maximum Gasteiger partial charge on any atom is 0.271 e. The number of likely N-dealkylation sites (tertiary alicyclic amines) is 1. The normalized spacial score (nSPS) is 25.7. The second-order valence-corrected chi connectivity index (χ2v) is 10.9. The van der Waals surface area contributed by atoms with Gasteiger partial charge < -0.3 is 19.9 Å². The summed E-state index contributed by atoms with van der Waals surface area (Å²) in [4.78, 5) is 47.7. The number of fused-ring (bicyclic) bond motifs is 1. The molecule has 2 aliphatic heterocycles. The second kappa shape index (κ2) is 9.08. The molecule has 1 N–H and O–H groups in total. The Morgan fingerprint density at radius 3 is 2.84 bits per heavy atom. The smallest absolute Gasteiger partial charge is 0.271 e. The van der Waals surface area contributed by atoms with Gasteiger partial charge in [-0.25, -0.2) is 9.67 Å². The largest absolute Gasteiger partial charge is 0.472 e. The van der Waals surface area contributed by atoms with Gasteiger partial charge >= 0.3 is 0 Å². The molecule has 198 valence electrons. The molecule has 2 saturated carbocycles. The highest BCUT2D eigenvalue weighted by molar-refractivity contribution is 6.01. The molecule has 4 heterocycles. The second-order valence-electron chi connectivity index (χ2n) is 10.9. The van der Waals surface area contributed by atoms with Crippen molar-refractivity contribution in [3.05, 3.63) is 30.2 Å². The van der Waals surface area contributed by atoms with Crippen LogP contribution in [0.25, 0.3) is 0 Å². The first-order valence-electron chi connectivity index (χ1n) is 13.1. The summed E-state index contributed by atoms with van der Waals surface area (Å²) in [5.74, 6) is 0.414. The van der Waals surface area contributed by atoms with E-state index in [2.05, 4.69) is 26.7 Å². The molecule has 6 rings (SSSR count). The molecule has 1 spiro atoms. The van der Waals surface area contributed by atoms with Gasteiger partial charge in [0, 0.05) is 31.8 Å². The van der Waals surface area contributed by atoms with E-state index >= 15 is 0 Å². The lowest BCUT2D eigenvalue weighted by Gasteiger charge is -2.35. The predicted octanol–water partition coefficient (Wildman–Crippen LogP) is 1.63. The van der Waals surface area contributed by atoms with E-state index < -0.39 is 29.6 Å². The van der Waals surface area contributed by atoms with E-state index in [9.17, 15) is 19.6 Å². The van der Waals surface area contributed by atoms with Crippen molar-refractivity contribution < 1.29 is 19.1 Å². The van der Waals surface area contributed by atoms with Crippen LogP contribution in [0, 0.1) is 17.2 Å². The lowest BCUT2D eigenvalue weighted by molar-refractivity contribution is -0.147. The van der Waals surface area contributed by atoms with Crippen molar-refractivity contribution in [2.75, 3.05) is 18.9 Å².